The Bertz CT molecular complexity index is 641. The molecule has 0 saturated carbocycles. The summed E-state index contributed by atoms with van der Waals surface area (Å²) in [5.41, 5.74) is 2.18. The van der Waals surface area contributed by atoms with Crippen molar-refractivity contribution in [1.82, 2.24) is 20.6 Å². The van der Waals surface area contributed by atoms with Crippen LogP contribution in [0.1, 0.15) is 23.2 Å². The molecular formula is C16H23N5OS. The van der Waals surface area contributed by atoms with Crippen LogP contribution in [0.25, 0.3) is 0 Å². The number of nitrogens with zero attached hydrogens (tertiary/aromatic N) is 3. The van der Waals surface area contributed by atoms with Gasteiger partial charge in [0.25, 0.3) is 0 Å². The molecule has 7 heteroatoms. The molecule has 2 aromatic rings. The van der Waals surface area contributed by atoms with Crippen LogP contribution in [0.4, 0.5) is 0 Å². The number of ether oxygens (including phenoxy) is 1. The smallest absolute Gasteiger partial charge is 0.213 e. The molecule has 0 aromatic carbocycles. The van der Waals surface area contributed by atoms with Crippen molar-refractivity contribution in [2.24, 2.45) is 4.99 Å². The number of thiazole rings is 1. The molecule has 2 N–H and O–H groups in total. The van der Waals surface area contributed by atoms with Crippen LogP contribution in [0.3, 0.4) is 0 Å². The molecule has 124 valence electrons. The van der Waals surface area contributed by atoms with Crippen LogP contribution in [0.15, 0.2) is 28.7 Å². The van der Waals surface area contributed by atoms with Crippen molar-refractivity contribution in [3.63, 3.8) is 0 Å². The van der Waals surface area contributed by atoms with Gasteiger partial charge in [-0.2, -0.15) is 0 Å². The van der Waals surface area contributed by atoms with Gasteiger partial charge in [0.2, 0.25) is 5.88 Å². The number of hydrogen-bond donors (Lipinski definition) is 2. The highest BCUT2D eigenvalue weighted by molar-refractivity contribution is 7.09. The summed E-state index contributed by atoms with van der Waals surface area (Å²) in [6.07, 6.45) is 2.62. The second kappa shape index (κ2) is 9.09. The molecule has 0 fully saturated rings. The summed E-state index contributed by atoms with van der Waals surface area (Å²) < 4.78 is 5.13. The van der Waals surface area contributed by atoms with Crippen LogP contribution in [0.2, 0.25) is 0 Å². The molecule has 0 aliphatic heterocycles. The number of rotatable bonds is 7. The summed E-state index contributed by atoms with van der Waals surface area (Å²) in [6.45, 7) is 6.27. The topological polar surface area (TPSA) is 71.4 Å². The minimum absolute atomic E-state index is 0.573. The first-order chi connectivity index (χ1) is 11.2. The fraction of sp³-hybridized carbons (Fsp3) is 0.438. The Kier molecular flexibility index (Phi) is 6.80. The molecule has 0 amide bonds. The molecule has 0 saturated heterocycles. The maximum Gasteiger partial charge on any atom is 0.213 e. The Hall–Kier alpha value is -2.15. The van der Waals surface area contributed by atoms with Crippen LogP contribution in [-0.4, -0.2) is 36.1 Å². The summed E-state index contributed by atoms with van der Waals surface area (Å²) in [5, 5.41) is 9.79. The SMILES string of the molecule is CCNC(=NCc1ccnc(OC)c1)NCCc1csc(C)n1. The molecule has 0 radical (unpaired) electrons. The lowest BCUT2D eigenvalue weighted by molar-refractivity contribution is 0.397. The number of aryl methyl sites for hydroxylation is 1. The summed E-state index contributed by atoms with van der Waals surface area (Å²) in [7, 11) is 1.61. The number of aromatic nitrogens is 2. The minimum atomic E-state index is 0.573. The van der Waals surface area contributed by atoms with Crippen molar-refractivity contribution in [3.8, 4) is 5.88 Å². The van der Waals surface area contributed by atoms with Crippen LogP contribution >= 0.6 is 11.3 Å². The molecule has 23 heavy (non-hydrogen) atoms. The van der Waals surface area contributed by atoms with Gasteiger partial charge in [-0.25, -0.2) is 15.0 Å². The Labute approximate surface area is 141 Å². The van der Waals surface area contributed by atoms with E-state index >= 15 is 0 Å². The third kappa shape index (κ3) is 5.86. The predicted octanol–water partition coefficient (Wildman–Crippen LogP) is 2.15. The maximum absolute atomic E-state index is 5.13. The largest absolute Gasteiger partial charge is 0.481 e. The van der Waals surface area contributed by atoms with Crippen molar-refractivity contribution < 1.29 is 4.74 Å². The van der Waals surface area contributed by atoms with E-state index in [4.69, 9.17) is 4.74 Å². The van der Waals surface area contributed by atoms with Gasteiger partial charge >= 0.3 is 0 Å². The van der Waals surface area contributed by atoms with E-state index in [0.717, 1.165) is 41.7 Å². The van der Waals surface area contributed by atoms with Crippen molar-refractivity contribution in [3.05, 3.63) is 40.0 Å². The molecule has 2 heterocycles. The van der Waals surface area contributed by atoms with Gasteiger partial charge in [-0.15, -0.1) is 11.3 Å². The summed E-state index contributed by atoms with van der Waals surface area (Å²) in [5.74, 6) is 1.41. The monoisotopic (exact) mass is 333 g/mol. The highest BCUT2D eigenvalue weighted by Gasteiger charge is 2.01. The first kappa shape index (κ1) is 17.2. The van der Waals surface area contributed by atoms with Gasteiger partial charge in [-0.1, -0.05) is 0 Å². The van der Waals surface area contributed by atoms with E-state index in [-0.39, 0.29) is 0 Å². The van der Waals surface area contributed by atoms with E-state index in [2.05, 4.69) is 37.9 Å². The fourth-order valence-corrected chi connectivity index (χ4v) is 2.65. The molecule has 0 unspecified atom stereocenters. The van der Waals surface area contributed by atoms with Crippen LogP contribution in [0, 0.1) is 6.92 Å². The fourth-order valence-electron chi connectivity index (χ4n) is 2.00. The lowest BCUT2D eigenvalue weighted by atomic mass is 10.3. The maximum atomic E-state index is 5.13. The zero-order chi connectivity index (χ0) is 16.5. The quantitative estimate of drug-likeness (QED) is 0.600. The first-order valence-corrected chi connectivity index (χ1v) is 8.51. The van der Waals surface area contributed by atoms with Crippen molar-refractivity contribution in [2.75, 3.05) is 20.2 Å². The molecule has 0 aliphatic rings. The highest BCUT2D eigenvalue weighted by Crippen LogP contribution is 2.09. The van der Waals surface area contributed by atoms with Gasteiger partial charge in [-0.05, 0) is 25.5 Å². The van der Waals surface area contributed by atoms with Crippen molar-refractivity contribution in [2.45, 2.75) is 26.8 Å². The standard InChI is InChI=1S/C16H23N5OS/c1-4-17-16(19-8-6-14-11-23-12(2)21-14)20-10-13-5-7-18-15(9-13)22-3/h5,7,9,11H,4,6,8,10H2,1-3H3,(H2,17,19,20). The zero-order valence-electron chi connectivity index (χ0n) is 13.8. The second-order valence-corrected chi connectivity index (χ2v) is 6.00. The number of hydrogen-bond acceptors (Lipinski definition) is 5. The average Bonchev–Trinajstić information content (AvgIpc) is 2.98. The van der Waals surface area contributed by atoms with Crippen LogP contribution in [-0.2, 0) is 13.0 Å². The Morgan fingerprint density at radius 1 is 1.39 bits per heavy atom. The first-order valence-electron chi connectivity index (χ1n) is 7.63. The molecule has 0 atom stereocenters. The number of aliphatic imine (C=N–C) groups is 1. The molecule has 0 aliphatic carbocycles. The minimum Gasteiger partial charge on any atom is -0.481 e. The lowest BCUT2D eigenvalue weighted by Crippen LogP contribution is -2.38. The van der Waals surface area contributed by atoms with E-state index in [9.17, 15) is 0 Å². The van der Waals surface area contributed by atoms with E-state index in [1.54, 1.807) is 24.6 Å². The molecule has 6 nitrogen and oxygen atoms in total. The lowest BCUT2D eigenvalue weighted by Gasteiger charge is -2.10. The van der Waals surface area contributed by atoms with E-state index < -0.39 is 0 Å². The van der Waals surface area contributed by atoms with Gasteiger partial charge in [-0.3, -0.25) is 0 Å². The molecule has 2 rings (SSSR count). The third-order valence-electron chi connectivity index (χ3n) is 3.11. The van der Waals surface area contributed by atoms with Crippen molar-refractivity contribution in [1.29, 1.82) is 0 Å². The van der Waals surface area contributed by atoms with Crippen LogP contribution in [0.5, 0.6) is 5.88 Å². The van der Waals surface area contributed by atoms with Crippen molar-refractivity contribution >= 4 is 17.3 Å². The number of nitrogens with one attached hydrogen (secondary N) is 2. The van der Waals surface area contributed by atoms with E-state index in [0.29, 0.717) is 12.4 Å². The normalized spacial score (nSPS) is 11.3. The number of methoxy groups -OCH3 is 1. The second-order valence-electron chi connectivity index (χ2n) is 4.94. The summed E-state index contributed by atoms with van der Waals surface area (Å²) in [6, 6.07) is 3.83. The number of pyridine rings is 1. The van der Waals surface area contributed by atoms with Gasteiger partial charge in [0.15, 0.2) is 5.96 Å². The summed E-state index contributed by atoms with van der Waals surface area (Å²) in [4.78, 5) is 13.2. The third-order valence-corrected chi connectivity index (χ3v) is 3.93. The average molecular weight is 333 g/mol. The highest BCUT2D eigenvalue weighted by atomic mass is 32.1. The molecular weight excluding hydrogens is 310 g/mol. The summed E-state index contributed by atoms with van der Waals surface area (Å²) >= 11 is 1.68. The Morgan fingerprint density at radius 2 is 2.26 bits per heavy atom. The van der Waals surface area contributed by atoms with Crippen LogP contribution < -0.4 is 15.4 Å². The zero-order valence-corrected chi connectivity index (χ0v) is 14.6. The van der Waals surface area contributed by atoms with E-state index in [1.807, 2.05) is 19.1 Å². The van der Waals surface area contributed by atoms with Gasteiger partial charge < -0.3 is 15.4 Å². The molecule has 0 spiro atoms. The predicted molar refractivity (Wildman–Crippen MR) is 94.2 cm³/mol. The number of guanidine groups is 1. The Morgan fingerprint density at radius 3 is 2.96 bits per heavy atom. The van der Waals surface area contributed by atoms with E-state index in [1.165, 1.54) is 0 Å². The Balaban J connectivity index is 1.88. The molecule has 2 aromatic heterocycles. The van der Waals surface area contributed by atoms with Gasteiger partial charge in [0.1, 0.15) is 0 Å². The molecule has 0 bridgehead atoms. The van der Waals surface area contributed by atoms with Gasteiger partial charge in [0, 0.05) is 37.2 Å². The van der Waals surface area contributed by atoms with Gasteiger partial charge in [0.05, 0.1) is 24.4 Å².